The Morgan fingerprint density at radius 1 is 1.52 bits per heavy atom. The highest BCUT2D eigenvalue weighted by Crippen LogP contribution is 2.20. The van der Waals surface area contributed by atoms with Crippen LogP contribution in [0.3, 0.4) is 0 Å². The van der Waals surface area contributed by atoms with Crippen molar-refractivity contribution in [2.24, 2.45) is 16.6 Å². The first-order valence-corrected chi connectivity index (χ1v) is 8.69. The lowest BCUT2D eigenvalue weighted by atomic mass is 9.95. The van der Waals surface area contributed by atoms with Crippen LogP contribution in [0.15, 0.2) is 41.9 Å². The van der Waals surface area contributed by atoms with Gasteiger partial charge in [-0.3, -0.25) is 9.79 Å². The van der Waals surface area contributed by atoms with Gasteiger partial charge in [0.15, 0.2) is 5.96 Å². The van der Waals surface area contributed by atoms with Gasteiger partial charge >= 0.3 is 0 Å². The van der Waals surface area contributed by atoms with Crippen molar-refractivity contribution in [1.29, 1.82) is 0 Å². The van der Waals surface area contributed by atoms with E-state index >= 15 is 0 Å². The fourth-order valence-corrected chi connectivity index (χ4v) is 3.15. The molecule has 1 amide bonds. The quantitative estimate of drug-likeness (QED) is 0.450. The molecule has 136 valence electrons. The summed E-state index contributed by atoms with van der Waals surface area (Å²) in [7, 11) is 1.78. The zero-order valence-electron chi connectivity index (χ0n) is 14.9. The van der Waals surface area contributed by atoms with Crippen LogP contribution < -0.4 is 15.8 Å². The third kappa shape index (κ3) is 5.81. The van der Waals surface area contributed by atoms with Crippen LogP contribution >= 0.6 is 0 Å². The number of amides is 1. The summed E-state index contributed by atoms with van der Waals surface area (Å²) in [5, 5.41) is 3.40. The van der Waals surface area contributed by atoms with E-state index in [1.54, 1.807) is 13.1 Å². The van der Waals surface area contributed by atoms with Crippen LogP contribution in [0.5, 0.6) is 5.75 Å². The molecule has 0 saturated carbocycles. The molecule has 3 N–H and O–H groups in total. The van der Waals surface area contributed by atoms with Crippen molar-refractivity contribution in [2.75, 3.05) is 26.7 Å². The van der Waals surface area contributed by atoms with Crippen LogP contribution in [-0.2, 0) is 11.3 Å². The van der Waals surface area contributed by atoms with Crippen LogP contribution in [0.1, 0.15) is 24.8 Å². The lowest BCUT2D eigenvalue weighted by molar-refractivity contribution is -0.119. The van der Waals surface area contributed by atoms with E-state index in [4.69, 9.17) is 10.5 Å². The van der Waals surface area contributed by atoms with E-state index in [1.165, 1.54) is 0 Å². The number of carbonyl (C=O) groups excluding carboxylic acids is 1. The topological polar surface area (TPSA) is 79.9 Å². The molecule has 1 aliphatic rings. The molecule has 1 atom stereocenters. The van der Waals surface area contributed by atoms with Crippen LogP contribution in [0, 0.1) is 5.92 Å². The van der Waals surface area contributed by atoms with E-state index in [-0.39, 0.29) is 5.91 Å². The molecule has 0 aliphatic carbocycles. The first kappa shape index (κ1) is 18.8. The minimum absolute atomic E-state index is 0.233. The van der Waals surface area contributed by atoms with Crippen molar-refractivity contribution in [1.82, 2.24) is 10.2 Å². The number of ether oxygens (including phenoxy) is 1. The van der Waals surface area contributed by atoms with Gasteiger partial charge < -0.3 is 20.7 Å². The average Bonchev–Trinajstić information content (AvgIpc) is 2.61. The number of piperidine rings is 1. The number of aliphatic imine (C=N–C) groups is 1. The molecule has 2 rings (SSSR count). The van der Waals surface area contributed by atoms with Gasteiger partial charge in [0.05, 0.1) is 0 Å². The second-order valence-corrected chi connectivity index (χ2v) is 6.23. The molecule has 6 heteroatoms. The van der Waals surface area contributed by atoms with Crippen molar-refractivity contribution in [3.8, 4) is 5.75 Å². The Labute approximate surface area is 149 Å². The summed E-state index contributed by atoms with van der Waals surface area (Å²) in [6, 6.07) is 7.93. The normalized spacial score (nSPS) is 17.9. The second kappa shape index (κ2) is 9.71. The van der Waals surface area contributed by atoms with E-state index in [9.17, 15) is 4.79 Å². The lowest BCUT2D eigenvalue weighted by Gasteiger charge is -2.34. The monoisotopic (exact) mass is 344 g/mol. The summed E-state index contributed by atoms with van der Waals surface area (Å²) in [6.45, 7) is 6.52. The molecular weight excluding hydrogens is 316 g/mol. The summed E-state index contributed by atoms with van der Waals surface area (Å²) in [5.74, 6) is 1.75. The molecule has 25 heavy (non-hydrogen) atoms. The van der Waals surface area contributed by atoms with Gasteiger partial charge in [-0.1, -0.05) is 30.9 Å². The molecule has 1 unspecified atom stereocenters. The van der Waals surface area contributed by atoms with Crippen molar-refractivity contribution in [3.05, 3.63) is 42.5 Å². The largest absolute Gasteiger partial charge is 0.489 e. The maximum Gasteiger partial charge on any atom is 0.217 e. The van der Waals surface area contributed by atoms with Gasteiger partial charge in [0.1, 0.15) is 12.4 Å². The van der Waals surface area contributed by atoms with E-state index < -0.39 is 0 Å². The molecular formula is C19H28N4O2. The van der Waals surface area contributed by atoms with Gasteiger partial charge in [0.2, 0.25) is 5.91 Å². The first-order chi connectivity index (χ1) is 12.1. The number of nitrogens with zero attached hydrogens (tertiary/aromatic N) is 2. The molecule has 1 aromatic carbocycles. The predicted octanol–water partition coefficient (Wildman–Crippen LogP) is 1.91. The Morgan fingerprint density at radius 2 is 2.32 bits per heavy atom. The summed E-state index contributed by atoms with van der Waals surface area (Å²) in [6.07, 6.45) is 4.24. The Balaban J connectivity index is 1.96. The molecule has 1 heterocycles. The fraction of sp³-hybridized carbons (Fsp3) is 0.474. The van der Waals surface area contributed by atoms with Gasteiger partial charge in [0.25, 0.3) is 0 Å². The number of rotatable bonds is 7. The number of carbonyl (C=O) groups is 1. The van der Waals surface area contributed by atoms with Crippen molar-refractivity contribution in [3.63, 3.8) is 0 Å². The predicted molar refractivity (Wildman–Crippen MR) is 100 cm³/mol. The molecule has 1 aliphatic heterocycles. The molecule has 1 fully saturated rings. The van der Waals surface area contributed by atoms with Gasteiger partial charge in [-0.15, -0.1) is 0 Å². The van der Waals surface area contributed by atoms with E-state index in [2.05, 4.69) is 21.8 Å². The summed E-state index contributed by atoms with van der Waals surface area (Å²) < 4.78 is 5.70. The van der Waals surface area contributed by atoms with Gasteiger partial charge in [-0.2, -0.15) is 0 Å². The SMILES string of the molecule is C=CCOc1ccccc1CNC(=NC)N1CCCC(CC(N)=O)C1. The van der Waals surface area contributed by atoms with Gasteiger partial charge in [-0.05, 0) is 24.8 Å². The maximum atomic E-state index is 11.2. The van der Waals surface area contributed by atoms with Crippen molar-refractivity contribution >= 4 is 11.9 Å². The summed E-state index contributed by atoms with van der Waals surface area (Å²) in [4.78, 5) is 17.8. The number of hydrogen-bond acceptors (Lipinski definition) is 3. The number of likely N-dealkylation sites (tertiary alicyclic amines) is 1. The minimum Gasteiger partial charge on any atom is -0.489 e. The molecule has 1 saturated heterocycles. The number of nitrogens with two attached hydrogens (primary N) is 1. The molecule has 0 spiro atoms. The third-order valence-corrected chi connectivity index (χ3v) is 4.29. The first-order valence-electron chi connectivity index (χ1n) is 8.69. The van der Waals surface area contributed by atoms with E-state index in [0.717, 1.165) is 43.2 Å². The lowest BCUT2D eigenvalue weighted by Crippen LogP contribution is -2.46. The number of hydrogen-bond donors (Lipinski definition) is 2. The van der Waals surface area contributed by atoms with Crippen LogP contribution in [-0.4, -0.2) is 43.5 Å². The van der Waals surface area contributed by atoms with Crippen molar-refractivity contribution < 1.29 is 9.53 Å². The van der Waals surface area contributed by atoms with Crippen LogP contribution in [0.25, 0.3) is 0 Å². The van der Waals surface area contributed by atoms with Crippen LogP contribution in [0.2, 0.25) is 0 Å². The summed E-state index contributed by atoms with van der Waals surface area (Å²) in [5.41, 5.74) is 6.41. The number of guanidine groups is 1. The Bertz CT molecular complexity index is 615. The number of primary amides is 1. The van der Waals surface area contributed by atoms with E-state index in [0.29, 0.717) is 25.5 Å². The average molecular weight is 344 g/mol. The maximum absolute atomic E-state index is 11.2. The Kier molecular flexibility index (Phi) is 7.32. The standard InChI is InChI=1S/C19H28N4O2/c1-3-11-25-17-9-5-4-8-16(17)13-22-19(21-2)23-10-6-7-15(14-23)12-18(20)24/h3-5,8-9,15H,1,6-7,10-14H2,2H3,(H2,20,24)(H,21,22). The smallest absolute Gasteiger partial charge is 0.217 e. The number of benzene rings is 1. The molecule has 1 aromatic rings. The highest BCUT2D eigenvalue weighted by atomic mass is 16.5. The summed E-state index contributed by atoms with van der Waals surface area (Å²) >= 11 is 0. The fourth-order valence-electron chi connectivity index (χ4n) is 3.15. The zero-order chi connectivity index (χ0) is 18.1. The highest BCUT2D eigenvalue weighted by Gasteiger charge is 2.23. The van der Waals surface area contributed by atoms with Crippen LogP contribution in [0.4, 0.5) is 0 Å². The zero-order valence-corrected chi connectivity index (χ0v) is 14.9. The number of para-hydroxylation sites is 1. The van der Waals surface area contributed by atoms with Gasteiger partial charge in [0, 0.05) is 38.7 Å². The molecule has 0 bridgehead atoms. The highest BCUT2D eigenvalue weighted by molar-refractivity contribution is 5.80. The minimum atomic E-state index is -0.233. The molecule has 0 aromatic heterocycles. The Hall–Kier alpha value is -2.50. The Morgan fingerprint density at radius 3 is 3.04 bits per heavy atom. The second-order valence-electron chi connectivity index (χ2n) is 6.23. The van der Waals surface area contributed by atoms with E-state index in [1.807, 2.05) is 24.3 Å². The molecule has 0 radical (unpaired) electrons. The molecule has 6 nitrogen and oxygen atoms in total. The third-order valence-electron chi connectivity index (χ3n) is 4.29. The number of nitrogens with one attached hydrogen (secondary N) is 1. The van der Waals surface area contributed by atoms with Gasteiger partial charge in [-0.25, -0.2) is 0 Å². The van der Waals surface area contributed by atoms with Crippen molar-refractivity contribution in [2.45, 2.75) is 25.8 Å².